The van der Waals surface area contributed by atoms with E-state index in [-0.39, 0.29) is 11.0 Å². The number of amides is 1. The van der Waals surface area contributed by atoms with Crippen LogP contribution in [0.1, 0.15) is 15.9 Å². The predicted octanol–water partition coefficient (Wildman–Crippen LogP) is 3.79. The second-order valence-corrected chi connectivity index (χ2v) is 5.86. The van der Waals surface area contributed by atoms with E-state index >= 15 is 0 Å². The number of carbonyl (C=O) groups excluding carboxylic acids is 1. The van der Waals surface area contributed by atoms with Crippen molar-refractivity contribution in [1.29, 1.82) is 0 Å². The summed E-state index contributed by atoms with van der Waals surface area (Å²) in [6.45, 7) is 0.507. The lowest BCUT2D eigenvalue weighted by Crippen LogP contribution is -2.34. The fourth-order valence-electron chi connectivity index (χ4n) is 2.21. The summed E-state index contributed by atoms with van der Waals surface area (Å²) in [6.07, 6.45) is 3.09. The maximum Gasteiger partial charge on any atom is 0.258 e. The summed E-state index contributed by atoms with van der Waals surface area (Å²) in [7, 11) is 0. The Morgan fingerprint density at radius 2 is 1.77 bits per heavy atom. The van der Waals surface area contributed by atoms with E-state index in [0.29, 0.717) is 12.2 Å². The molecule has 5 nitrogen and oxygen atoms in total. The molecule has 0 saturated carbocycles. The second kappa shape index (κ2) is 8.73. The molecular weight excluding hydrogens is 346 g/mol. The Morgan fingerprint density at radius 3 is 2.46 bits per heavy atom. The van der Waals surface area contributed by atoms with Crippen LogP contribution >= 0.6 is 12.2 Å². The van der Waals surface area contributed by atoms with Crippen molar-refractivity contribution in [3.8, 4) is 5.75 Å². The van der Waals surface area contributed by atoms with Gasteiger partial charge in [-0.1, -0.05) is 30.3 Å². The molecule has 0 saturated heterocycles. The molecule has 3 aromatic rings. The van der Waals surface area contributed by atoms with Gasteiger partial charge < -0.3 is 10.1 Å². The number of hydrogen-bond acceptors (Lipinski definition) is 4. The third kappa shape index (κ3) is 5.12. The Labute approximate surface area is 157 Å². The van der Waals surface area contributed by atoms with Gasteiger partial charge in [-0.3, -0.25) is 15.1 Å². The summed E-state index contributed by atoms with van der Waals surface area (Å²) in [6, 6.07) is 20.7. The molecule has 0 aliphatic carbocycles. The van der Waals surface area contributed by atoms with Crippen molar-refractivity contribution in [1.82, 2.24) is 10.3 Å². The molecule has 0 aliphatic heterocycles. The van der Waals surface area contributed by atoms with E-state index in [1.54, 1.807) is 18.3 Å². The molecular formula is C20H17N3O2S. The van der Waals surface area contributed by atoms with Gasteiger partial charge in [0, 0.05) is 18.1 Å². The lowest BCUT2D eigenvalue weighted by molar-refractivity contribution is 0.0977. The van der Waals surface area contributed by atoms with Gasteiger partial charge in [0.15, 0.2) is 5.11 Å². The molecule has 0 bridgehead atoms. The first kappa shape index (κ1) is 17.6. The van der Waals surface area contributed by atoms with Gasteiger partial charge in [-0.05, 0) is 54.2 Å². The monoisotopic (exact) mass is 363 g/mol. The van der Waals surface area contributed by atoms with Gasteiger partial charge in [-0.15, -0.1) is 0 Å². The van der Waals surface area contributed by atoms with Gasteiger partial charge in [0.1, 0.15) is 12.4 Å². The normalized spacial score (nSPS) is 10.0. The van der Waals surface area contributed by atoms with Crippen molar-refractivity contribution in [2.24, 2.45) is 0 Å². The van der Waals surface area contributed by atoms with Gasteiger partial charge in [0.2, 0.25) is 0 Å². The SMILES string of the molecule is O=C(NC(=S)Nc1ccc(OCc2ccccc2)cc1)c1cccnc1. The Bertz CT molecular complexity index is 869. The van der Waals surface area contributed by atoms with Crippen LogP contribution in [0.2, 0.25) is 0 Å². The van der Waals surface area contributed by atoms with Gasteiger partial charge in [0.25, 0.3) is 5.91 Å². The number of thiocarbonyl (C=S) groups is 1. The number of benzene rings is 2. The lowest BCUT2D eigenvalue weighted by Gasteiger charge is -2.11. The third-order valence-corrected chi connectivity index (χ3v) is 3.72. The number of nitrogens with zero attached hydrogens (tertiary/aromatic N) is 1. The highest BCUT2D eigenvalue weighted by Crippen LogP contribution is 2.17. The largest absolute Gasteiger partial charge is 0.489 e. The van der Waals surface area contributed by atoms with E-state index in [9.17, 15) is 4.79 Å². The van der Waals surface area contributed by atoms with Crippen LogP contribution < -0.4 is 15.4 Å². The first-order valence-corrected chi connectivity index (χ1v) is 8.41. The zero-order chi connectivity index (χ0) is 18.2. The number of aromatic nitrogens is 1. The van der Waals surface area contributed by atoms with Crippen LogP contribution in [0.3, 0.4) is 0 Å². The average molecular weight is 363 g/mol. The molecule has 2 N–H and O–H groups in total. The van der Waals surface area contributed by atoms with E-state index in [2.05, 4.69) is 15.6 Å². The summed E-state index contributed by atoms with van der Waals surface area (Å²) in [5.41, 5.74) is 2.31. The van der Waals surface area contributed by atoms with Crippen LogP contribution in [0.25, 0.3) is 0 Å². The molecule has 1 heterocycles. The third-order valence-electron chi connectivity index (χ3n) is 3.51. The van der Waals surface area contributed by atoms with Crippen molar-refractivity contribution in [3.05, 3.63) is 90.3 Å². The van der Waals surface area contributed by atoms with Crippen LogP contribution in [-0.2, 0) is 6.61 Å². The highest BCUT2D eigenvalue weighted by Gasteiger charge is 2.07. The zero-order valence-corrected chi connectivity index (χ0v) is 14.7. The van der Waals surface area contributed by atoms with Crippen LogP contribution in [0, 0.1) is 0 Å². The number of anilines is 1. The molecule has 0 atom stereocenters. The average Bonchev–Trinajstić information content (AvgIpc) is 2.69. The second-order valence-electron chi connectivity index (χ2n) is 5.45. The standard InChI is InChI=1S/C20H17N3O2S/c24-19(16-7-4-12-21-13-16)23-20(26)22-17-8-10-18(11-9-17)25-14-15-5-2-1-3-6-15/h1-13H,14H2,(H2,22,23,24,26). The summed E-state index contributed by atoms with van der Waals surface area (Å²) in [4.78, 5) is 15.9. The molecule has 130 valence electrons. The van der Waals surface area contributed by atoms with E-state index in [1.165, 1.54) is 6.20 Å². The van der Waals surface area contributed by atoms with Crippen molar-refractivity contribution >= 4 is 28.9 Å². The smallest absolute Gasteiger partial charge is 0.258 e. The summed E-state index contributed by atoms with van der Waals surface area (Å²) in [5, 5.41) is 5.80. The van der Waals surface area contributed by atoms with Crippen molar-refractivity contribution in [3.63, 3.8) is 0 Å². The topological polar surface area (TPSA) is 63.2 Å². The molecule has 0 fully saturated rings. The van der Waals surface area contributed by atoms with Crippen molar-refractivity contribution < 1.29 is 9.53 Å². The highest BCUT2D eigenvalue weighted by molar-refractivity contribution is 7.80. The highest BCUT2D eigenvalue weighted by atomic mass is 32.1. The van der Waals surface area contributed by atoms with Crippen LogP contribution in [-0.4, -0.2) is 16.0 Å². The molecule has 0 radical (unpaired) electrons. The van der Waals surface area contributed by atoms with Gasteiger partial charge in [0.05, 0.1) is 5.56 Å². The van der Waals surface area contributed by atoms with Crippen LogP contribution in [0.4, 0.5) is 5.69 Å². The maximum atomic E-state index is 12.0. The summed E-state index contributed by atoms with van der Waals surface area (Å²) in [5.74, 6) is 0.447. The van der Waals surface area contributed by atoms with E-state index in [0.717, 1.165) is 17.0 Å². The molecule has 0 aliphatic rings. The predicted molar refractivity (Wildman–Crippen MR) is 105 cm³/mol. The number of ether oxygens (including phenoxy) is 1. The Hall–Kier alpha value is -3.25. The molecule has 0 spiro atoms. The fourth-order valence-corrected chi connectivity index (χ4v) is 2.42. The van der Waals surface area contributed by atoms with E-state index < -0.39 is 0 Å². The minimum absolute atomic E-state index is 0.219. The van der Waals surface area contributed by atoms with Gasteiger partial charge >= 0.3 is 0 Å². The lowest BCUT2D eigenvalue weighted by atomic mass is 10.2. The van der Waals surface area contributed by atoms with Gasteiger partial charge in [-0.2, -0.15) is 0 Å². The van der Waals surface area contributed by atoms with Crippen molar-refractivity contribution in [2.75, 3.05) is 5.32 Å². The minimum atomic E-state index is -0.307. The number of pyridine rings is 1. The Balaban J connectivity index is 1.50. The van der Waals surface area contributed by atoms with Crippen LogP contribution in [0.15, 0.2) is 79.1 Å². The van der Waals surface area contributed by atoms with E-state index in [4.69, 9.17) is 17.0 Å². The molecule has 26 heavy (non-hydrogen) atoms. The van der Waals surface area contributed by atoms with Crippen molar-refractivity contribution in [2.45, 2.75) is 6.61 Å². The van der Waals surface area contributed by atoms with E-state index in [1.807, 2.05) is 54.6 Å². The number of carbonyl (C=O) groups is 1. The molecule has 0 unspecified atom stereocenters. The fraction of sp³-hybridized carbons (Fsp3) is 0.0500. The molecule has 1 aromatic heterocycles. The zero-order valence-electron chi connectivity index (χ0n) is 13.9. The Morgan fingerprint density at radius 1 is 1.00 bits per heavy atom. The molecule has 2 aromatic carbocycles. The first-order valence-electron chi connectivity index (χ1n) is 8.00. The minimum Gasteiger partial charge on any atom is -0.489 e. The summed E-state index contributed by atoms with van der Waals surface area (Å²) < 4.78 is 5.74. The summed E-state index contributed by atoms with van der Waals surface area (Å²) >= 11 is 5.17. The molecule has 3 rings (SSSR count). The first-order chi connectivity index (χ1) is 12.7. The van der Waals surface area contributed by atoms with Crippen LogP contribution in [0.5, 0.6) is 5.75 Å². The molecule has 6 heteroatoms. The number of rotatable bonds is 5. The maximum absolute atomic E-state index is 12.0. The number of hydrogen-bond donors (Lipinski definition) is 2. The Kier molecular flexibility index (Phi) is 5.90. The number of nitrogens with one attached hydrogen (secondary N) is 2. The van der Waals surface area contributed by atoms with Gasteiger partial charge in [-0.25, -0.2) is 0 Å². The quantitative estimate of drug-likeness (QED) is 0.676. The molecule has 1 amide bonds.